The summed E-state index contributed by atoms with van der Waals surface area (Å²) in [5, 5.41) is 2.04. The lowest BCUT2D eigenvalue weighted by atomic mass is 10.1. The van der Waals surface area contributed by atoms with Crippen molar-refractivity contribution < 1.29 is 17.9 Å². The fourth-order valence-electron chi connectivity index (χ4n) is 2.39. The normalized spacial score (nSPS) is 12.5. The van der Waals surface area contributed by atoms with Gasteiger partial charge >= 0.3 is 0 Å². The summed E-state index contributed by atoms with van der Waals surface area (Å²) in [6.45, 7) is 1.54. The lowest BCUT2D eigenvalue weighted by Gasteiger charge is -2.15. The van der Waals surface area contributed by atoms with Gasteiger partial charge in [-0.2, -0.15) is 0 Å². The second-order valence-corrected chi connectivity index (χ2v) is 8.42. The van der Waals surface area contributed by atoms with Gasteiger partial charge in [-0.1, -0.05) is 46.3 Å². The van der Waals surface area contributed by atoms with Gasteiger partial charge in [-0.25, -0.2) is 8.42 Å². The third-order valence-electron chi connectivity index (χ3n) is 3.84. The Morgan fingerprint density at radius 1 is 1.00 bits per heavy atom. The van der Waals surface area contributed by atoms with Crippen LogP contribution in [0.1, 0.15) is 6.92 Å². The van der Waals surface area contributed by atoms with Crippen LogP contribution >= 0.6 is 15.9 Å². The highest BCUT2D eigenvalue weighted by Gasteiger charge is 2.19. The lowest BCUT2D eigenvalue weighted by Crippen LogP contribution is -2.47. The Kier molecular flexibility index (Phi) is 5.79. The molecule has 0 aliphatic heterocycles. The Bertz CT molecular complexity index is 1070. The molecule has 0 unspecified atom stereocenters. The molecule has 1 amide bonds. The molecule has 0 bridgehead atoms. The van der Waals surface area contributed by atoms with E-state index in [1.54, 1.807) is 25.1 Å². The second kappa shape index (κ2) is 8.08. The number of rotatable bonds is 6. The molecule has 0 saturated heterocycles. The minimum absolute atomic E-state index is 0.0362. The number of hydrogen-bond donors (Lipinski definition) is 2. The van der Waals surface area contributed by atoms with Gasteiger partial charge in [0.25, 0.3) is 15.9 Å². The van der Waals surface area contributed by atoms with Crippen LogP contribution < -0.4 is 15.0 Å². The number of fused-ring (bicyclic) bond motifs is 1. The van der Waals surface area contributed by atoms with E-state index in [0.717, 1.165) is 15.2 Å². The van der Waals surface area contributed by atoms with Crippen LogP contribution in [0.2, 0.25) is 0 Å². The molecule has 0 saturated carbocycles. The van der Waals surface area contributed by atoms with Crippen molar-refractivity contribution in [3.05, 3.63) is 71.2 Å². The Labute approximate surface area is 165 Å². The largest absolute Gasteiger partial charge is 0.481 e. The average molecular weight is 449 g/mol. The van der Waals surface area contributed by atoms with Crippen LogP contribution in [0.3, 0.4) is 0 Å². The van der Waals surface area contributed by atoms with E-state index < -0.39 is 22.0 Å². The van der Waals surface area contributed by atoms with E-state index in [2.05, 4.69) is 26.2 Å². The summed E-state index contributed by atoms with van der Waals surface area (Å²) in [4.78, 5) is 14.3. The molecule has 27 heavy (non-hydrogen) atoms. The average Bonchev–Trinajstić information content (AvgIpc) is 2.66. The van der Waals surface area contributed by atoms with Crippen molar-refractivity contribution in [1.82, 2.24) is 10.3 Å². The van der Waals surface area contributed by atoms with Crippen LogP contribution in [0.5, 0.6) is 5.75 Å². The molecule has 3 aromatic carbocycles. The summed E-state index contributed by atoms with van der Waals surface area (Å²) in [6, 6.07) is 19.3. The Balaban J connectivity index is 1.62. The predicted octanol–water partition coefficient (Wildman–Crippen LogP) is 3.38. The molecule has 6 nitrogen and oxygen atoms in total. The van der Waals surface area contributed by atoms with Crippen LogP contribution in [0.4, 0.5) is 0 Å². The maximum Gasteiger partial charge on any atom is 0.275 e. The third-order valence-corrected chi connectivity index (χ3v) is 5.63. The van der Waals surface area contributed by atoms with Gasteiger partial charge < -0.3 is 4.74 Å². The van der Waals surface area contributed by atoms with E-state index in [9.17, 15) is 13.2 Å². The molecule has 3 aromatic rings. The number of amides is 1. The summed E-state index contributed by atoms with van der Waals surface area (Å²) >= 11 is 3.24. The Hall–Kier alpha value is -2.42. The molecule has 0 aliphatic rings. The van der Waals surface area contributed by atoms with Crippen molar-refractivity contribution in [2.75, 3.05) is 0 Å². The number of carbonyl (C=O) groups is 1. The molecule has 140 valence electrons. The molecule has 1 atom stereocenters. The number of ether oxygens (including phenoxy) is 1. The first-order valence-corrected chi connectivity index (χ1v) is 10.4. The van der Waals surface area contributed by atoms with Gasteiger partial charge in [0.15, 0.2) is 6.10 Å². The third kappa shape index (κ3) is 4.85. The number of halogens is 1. The first kappa shape index (κ1) is 19.3. The monoisotopic (exact) mass is 448 g/mol. The number of hydrogen-bond acceptors (Lipinski definition) is 4. The van der Waals surface area contributed by atoms with Crippen LogP contribution in [0.15, 0.2) is 76.1 Å². The molecule has 0 aromatic heterocycles. The zero-order valence-corrected chi connectivity index (χ0v) is 16.7. The molecule has 8 heteroatoms. The number of sulfonamides is 1. The summed E-state index contributed by atoms with van der Waals surface area (Å²) in [5.41, 5.74) is 2.18. The van der Waals surface area contributed by atoms with Crippen LogP contribution in [0.25, 0.3) is 10.8 Å². The zero-order valence-electron chi connectivity index (χ0n) is 14.3. The minimum Gasteiger partial charge on any atom is -0.481 e. The van der Waals surface area contributed by atoms with Gasteiger partial charge in [0.05, 0.1) is 4.90 Å². The maximum absolute atomic E-state index is 12.2. The SMILES string of the molecule is C[C@H](Oc1ccc2ccccc2c1)C(=O)NNS(=O)(=O)c1ccc(Br)cc1. The molecule has 3 rings (SSSR count). The van der Waals surface area contributed by atoms with Gasteiger partial charge in [-0.3, -0.25) is 10.2 Å². The van der Waals surface area contributed by atoms with E-state index in [4.69, 9.17) is 4.74 Å². The molecule has 0 aliphatic carbocycles. The highest BCUT2D eigenvalue weighted by Crippen LogP contribution is 2.21. The molecule has 0 spiro atoms. The van der Waals surface area contributed by atoms with Gasteiger partial charge in [0.2, 0.25) is 0 Å². The highest BCUT2D eigenvalue weighted by atomic mass is 79.9. The number of hydrazine groups is 1. The molecule has 2 N–H and O–H groups in total. The zero-order chi connectivity index (χ0) is 19.4. The summed E-state index contributed by atoms with van der Waals surface area (Å²) in [6.07, 6.45) is -0.890. The van der Waals surface area contributed by atoms with E-state index in [-0.39, 0.29) is 4.90 Å². The van der Waals surface area contributed by atoms with E-state index >= 15 is 0 Å². The predicted molar refractivity (Wildman–Crippen MR) is 107 cm³/mol. The van der Waals surface area contributed by atoms with E-state index in [1.807, 2.05) is 36.4 Å². The Morgan fingerprint density at radius 2 is 1.67 bits per heavy atom. The number of benzene rings is 3. The van der Waals surface area contributed by atoms with E-state index in [0.29, 0.717) is 5.75 Å². The van der Waals surface area contributed by atoms with Gasteiger partial charge in [-0.05, 0) is 54.1 Å². The van der Waals surface area contributed by atoms with Gasteiger partial charge in [0, 0.05) is 4.47 Å². The van der Waals surface area contributed by atoms with Gasteiger partial charge in [0.1, 0.15) is 5.75 Å². The van der Waals surface area contributed by atoms with E-state index in [1.165, 1.54) is 12.1 Å². The lowest BCUT2D eigenvalue weighted by molar-refractivity contribution is -0.127. The molecule has 0 radical (unpaired) electrons. The summed E-state index contributed by atoms with van der Waals surface area (Å²) in [7, 11) is -3.87. The Morgan fingerprint density at radius 3 is 2.37 bits per heavy atom. The minimum atomic E-state index is -3.87. The molecular weight excluding hydrogens is 432 g/mol. The molecular formula is C19H17BrN2O4S. The van der Waals surface area contributed by atoms with Crippen LogP contribution in [0, 0.1) is 0 Å². The quantitative estimate of drug-likeness (QED) is 0.566. The fraction of sp³-hybridized carbons (Fsp3) is 0.105. The van der Waals surface area contributed by atoms with Crippen LogP contribution in [-0.4, -0.2) is 20.4 Å². The maximum atomic E-state index is 12.2. The van der Waals surface area contributed by atoms with Gasteiger partial charge in [-0.15, -0.1) is 4.83 Å². The van der Waals surface area contributed by atoms with Crippen molar-refractivity contribution in [3.8, 4) is 5.75 Å². The molecule has 0 fully saturated rings. The van der Waals surface area contributed by atoms with Crippen molar-refractivity contribution in [3.63, 3.8) is 0 Å². The van der Waals surface area contributed by atoms with Crippen molar-refractivity contribution >= 4 is 42.6 Å². The first-order chi connectivity index (χ1) is 12.8. The van der Waals surface area contributed by atoms with Crippen LogP contribution in [-0.2, 0) is 14.8 Å². The van der Waals surface area contributed by atoms with Crippen molar-refractivity contribution in [2.24, 2.45) is 0 Å². The molecule has 0 heterocycles. The van der Waals surface area contributed by atoms with Crippen molar-refractivity contribution in [1.29, 1.82) is 0 Å². The second-order valence-electron chi connectivity index (χ2n) is 5.82. The highest BCUT2D eigenvalue weighted by molar-refractivity contribution is 9.10. The topological polar surface area (TPSA) is 84.5 Å². The summed E-state index contributed by atoms with van der Waals surface area (Å²) < 4.78 is 30.8. The summed E-state index contributed by atoms with van der Waals surface area (Å²) in [5.74, 6) is -0.0871. The number of carbonyl (C=O) groups excluding carboxylic acids is 1. The van der Waals surface area contributed by atoms with Crippen molar-refractivity contribution in [2.45, 2.75) is 17.9 Å². The first-order valence-electron chi connectivity index (χ1n) is 8.08. The standard InChI is InChI=1S/C19H17BrN2O4S/c1-13(26-17-9-6-14-4-2-3-5-15(14)12-17)19(23)21-22-27(24,25)18-10-7-16(20)8-11-18/h2-13,22H,1H3,(H,21,23)/t13-/m0/s1. The fourth-order valence-corrected chi connectivity index (χ4v) is 3.50. The smallest absolute Gasteiger partial charge is 0.275 e. The number of nitrogens with one attached hydrogen (secondary N) is 2.